The van der Waals surface area contributed by atoms with Crippen LogP contribution in [-0.2, 0) is 11.2 Å². The van der Waals surface area contributed by atoms with Crippen LogP contribution >= 0.6 is 11.6 Å². The van der Waals surface area contributed by atoms with Gasteiger partial charge in [0.1, 0.15) is 5.60 Å². The molecule has 0 unspecified atom stereocenters. The Morgan fingerprint density at radius 2 is 2.00 bits per heavy atom. The molecular formula is C17H24ClNO3. The van der Waals surface area contributed by atoms with Crippen molar-refractivity contribution in [1.29, 1.82) is 0 Å². The Morgan fingerprint density at radius 3 is 2.59 bits per heavy atom. The summed E-state index contributed by atoms with van der Waals surface area (Å²) in [6.45, 7) is 6.10. The number of benzene rings is 1. The maximum Gasteiger partial charge on any atom is 0.410 e. The highest BCUT2D eigenvalue weighted by molar-refractivity contribution is 6.30. The van der Waals surface area contributed by atoms with E-state index in [1.54, 1.807) is 4.90 Å². The number of aliphatic hydroxyl groups excluding tert-OH is 1. The van der Waals surface area contributed by atoms with Crippen molar-refractivity contribution in [2.24, 2.45) is 0 Å². The van der Waals surface area contributed by atoms with Crippen molar-refractivity contribution in [1.82, 2.24) is 4.90 Å². The van der Waals surface area contributed by atoms with Crippen LogP contribution in [0.2, 0.25) is 5.02 Å². The summed E-state index contributed by atoms with van der Waals surface area (Å²) in [7, 11) is 0. The van der Waals surface area contributed by atoms with E-state index in [0.717, 1.165) is 5.56 Å². The van der Waals surface area contributed by atoms with Gasteiger partial charge in [-0.2, -0.15) is 0 Å². The average Bonchev–Trinajstić information content (AvgIpc) is 2.39. The molecule has 0 radical (unpaired) electrons. The Morgan fingerprint density at radius 1 is 1.36 bits per heavy atom. The molecule has 1 aliphatic rings. The third-order valence-corrected chi connectivity index (χ3v) is 3.95. The number of hydrogen-bond donors (Lipinski definition) is 1. The Labute approximate surface area is 137 Å². The lowest BCUT2D eigenvalue weighted by atomic mass is 9.94. The second-order valence-electron chi connectivity index (χ2n) is 6.84. The van der Waals surface area contributed by atoms with Crippen LogP contribution in [0, 0.1) is 0 Å². The predicted molar refractivity (Wildman–Crippen MR) is 87.1 cm³/mol. The molecular weight excluding hydrogens is 302 g/mol. The molecule has 2 rings (SSSR count). The molecule has 1 heterocycles. The lowest BCUT2D eigenvalue weighted by molar-refractivity contribution is -0.00767. The minimum Gasteiger partial charge on any atom is -0.444 e. The Hall–Kier alpha value is -1.26. The van der Waals surface area contributed by atoms with Crippen LogP contribution in [0.15, 0.2) is 24.3 Å². The van der Waals surface area contributed by atoms with Gasteiger partial charge in [-0.1, -0.05) is 23.7 Å². The second-order valence-corrected chi connectivity index (χ2v) is 7.27. The summed E-state index contributed by atoms with van der Waals surface area (Å²) < 4.78 is 5.48. The Balaban J connectivity index is 2.09. The fraction of sp³-hybridized carbons (Fsp3) is 0.588. The van der Waals surface area contributed by atoms with Crippen LogP contribution in [0.25, 0.3) is 0 Å². The predicted octanol–water partition coefficient (Wildman–Crippen LogP) is 3.64. The van der Waals surface area contributed by atoms with Gasteiger partial charge < -0.3 is 14.7 Å². The number of carbonyl (C=O) groups is 1. The maximum atomic E-state index is 12.4. The highest BCUT2D eigenvalue weighted by Crippen LogP contribution is 2.24. The first-order valence-corrected chi connectivity index (χ1v) is 8.04. The molecule has 1 fully saturated rings. The highest BCUT2D eigenvalue weighted by Gasteiger charge is 2.33. The van der Waals surface area contributed by atoms with E-state index in [9.17, 15) is 9.90 Å². The van der Waals surface area contributed by atoms with Crippen LogP contribution in [-0.4, -0.2) is 40.4 Å². The summed E-state index contributed by atoms with van der Waals surface area (Å²) in [5, 5.41) is 10.6. The molecule has 4 nitrogen and oxygen atoms in total. The number of nitrogens with zero attached hydrogens (tertiary/aromatic N) is 1. The largest absolute Gasteiger partial charge is 0.444 e. The zero-order chi connectivity index (χ0) is 16.3. The number of aliphatic hydroxyl groups is 1. The normalized spacial score (nSPS) is 22.5. The second kappa shape index (κ2) is 6.88. The van der Waals surface area contributed by atoms with E-state index < -0.39 is 5.60 Å². The Bertz CT molecular complexity index is 510. The molecule has 0 saturated carbocycles. The molecule has 1 aromatic carbocycles. The number of ether oxygens (including phenoxy) is 1. The molecule has 1 amide bonds. The highest BCUT2D eigenvalue weighted by atomic mass is 35.5. The van der Waals surface area contributed by atoms with E-state index in [4.69, 9.17) is 16.3 Å². The van der Waals surface area contributed by atoms with Gasteiger partial charge in [-0.3, -0.25) is 0 Å². The monoisotopic (exact) mass is 325 g/mol. The standard InChI is InChI=1S/C17H24ClNO3/c1-17(2,3)22-16(21)19-9-8-15(20)11-14(19)10-12-4-6-13(18)7-5-12/h4-7,14-15,20H,8-11H2,1-3H3/t14-,15-/m0/s1. The number of piperidine rings is 1. The lowest BCUT2D eigenvalue weighted by Crippen LogP contribution is -2.50. The SMILES string of the molecule is CC(C)(C)OC(=O)N1CC[C@H](O)C[C@@H]1Cc1ccc(Cl)cc1. The first kappa shape index (κ1) is 17.1. The molecule has 2 atom stereocenters. The van der Waals surface area contributed by atoms with Crippen molar-refractivity contribution in [3.05, 3.63) is 34.9 Å². The summed E-state index contributed by atoms with van der Waals surface area (Å²) in [4.78, 5) is 14.1. The first-order chi connectivity index (χ1) is 10.2. The van der Waals surface area contributed by atoms with Gasteiger partial charge in [-0.05, 0) is 57.7 Å². The number of rotatable bonds is 2. The van der Waals surface area contributed by atoms with Crippen molar-refractivity contribution in [3.8, 4) is 0 Å². The van der Waals surface area contributed by atoms with Crippen molar-refractivity contribution >= 4 is 17.7 Å². The van der Waals surface area contributed by atoms with E-state index in [-0.39, 0.29) is 18.2 Å². The van der Waals surface area contributed by atoms with Gasteiger partial charge >= 0.3 is 6.09 Å². The van der Waals surface area contributed by atoms with E-state index in [1.807, 2.05) is 45.0 Å². The number of carbonyl (C=O) groups excluding carboxylic acids is 1. The van der Waals surface area contributed by atoms with Crippen LogP contribution < -0.4 is 0 Å². The third-order valence-electron chi connectivity index (χ3n) is 3.70. The van der Waals surface area contributed by atoms with Gasteiger partial charge in [0, 0.05) is 17.6 Å². The molecule has 0 bridgehead atoms. The van der Waals surface area contributed by atoms with Gasteiger partial charge in [0.05, 0.1) is 6.10 Å². The van der Waals surface area contributed by atoms with Gasteiger partial charge in [-0.15, -0.1) is 0 Å². The first-order valence-electron chi connectivity index (χ1n) is 7.67. The van der Waals surface area contributed by atoms with E-state index in [1.165, 1.54) is 0 Å². The van der Waals surface area contributed by atoms with Crippen molar-refractivity contribution < 1.29 is 14.6 Å². The number of hydrogen-bond acceptors (Lipinski definition) is 3. The molecule has 1 saturated heterocycles. The van der Waals surface area contributed by atoms with Crippen molar-refractivity contribution in [2.75, 3.05) is 6.54 Å². The summed E-state index contributed by atoms with van der Waals surface area (Å²) in [5.41, 5.74) is 0.579. The maximum absolute atomic E-state index is 12.4. The van der Waals surface area contributed by atoms with E-state index in [2.05, 4.69) is 0 Å². The summed E-state index contributed by atoms with van der Waals surface area (Å²) in [6, 6.07) is 7.54. The van der Waals surface area contributed by atoms with Crippen LogP contribution in [0.5, 0.6) is 0 Å². The summed E-state index contributed by atoms with van der Waals surface area (Å²) >= 11 is 5.90. The molecule has 1 aliphatic heterocycles. The average molecular weight is 326 g/mol. The minimum atomic E-state index is -0.516. The van der Waals surface area contributed by atoms with Gasteiger partial charge in [-0.25, -0.2) is 4.79 Å². The van der Waals surface area contributed by atoms with E-state index >= 15 is 0 Å². The quantitative estimate of drug-likeness (QED) is 0.903. The zero-order valence-electron chi connectivity index (χ0n) is 13.4. The van der Waals surface area contributed by atoms with Crippen LogP contribution in [0.1, 0.15) is 39.2 Å². The summed E-state index contributed by atoms with van der Waals surface area (Å²) in [6.07, 6.45) is 1.18. The number of halogens is 1. The lowest BCUT2D eigenvalue weighted by Gasteiger charge is -2.38. The minimum absolute atomic E-state index is 0.0558. The third kappa shape index (κ3) is 4.89. The van der Waals surface area contributed by atoms with Crippen molar-refractivity contribution in [2.45, 2.75) is 57.8 Å². The van der Waals surface area contributed by atoms with Gasteiger partial charge in [0.15, 0.2) is 0 Å². The van der Waals surface area contributed by atoms with Crippen LogP contribution in [0.4, 0.5) is 4.79 Å². The molecule has 122 valence electrons. The Kier molecular flexibility index (Phi) is 5.35. The molecule has 1 aromatic rings. The van der Waals surface area contributed by atoms with Crippen molar-refractivity contribution in [3.63, 3.8) is 0 Å². The molecule has 1 N–H and O–H groups in total. The van der Waals surface area contributed by atoms with E-state index in [0.29, 0.717) is 30.8 Å². The topological polar surface area (TPSA) is 49.8 Å². The van der Waals surface area contributed by atoms with Gasteiger partial charge in [0.25, 0.3) is 0 Å². The zero-order valence-corrected chi connectivity index (χ0v) is 14.1. The fourth-order valence-corrected chi connectivity index (χ4v) is 2.80. The van der Waals surface area contributed by atoms with Gasteiger partial charge in [0.2, 0.25) is 0 Å². The van der Waals surface area contributed by atoms with Crippen LogP contribution in [0.3, 0.4) is 0 Å². The molecule has 0 aromatic heterocycles. The molecule has 0 aliphatic carbocycles. The fourth-order valence-electron chi connectivity index (χ4n) is 2.68. The molecule has 5 heteroatoms. The molecule has 22 heavy (non-hydrogen) atoms. The number of amides is 1. The number of likely N-dealkylation sites (tertiary alicyclic amines) is 1. The molecule has 0 spiro atoms. The summed E-state index contributed by atoms with van der Waals surface area (Å²) in [5.74, 6) is 0. The smallest absolute Gasteiger partial charge is 0.410 e.